The molecule has 5 nitrogen and oxygen atoms in total. The smallest absolute Gasteiger partial charge is 0.265 e. The van der Waals surface area contributed by atoms with Gasteiger partial charge in [0, 0.05) is 16.9 Å². The summed E-state index contributed by atoms with van der Waals surface area (Å²) in [5, 5.41) is 5.76. The first-order valence-electron chi connectivity index (χ1n) is 11.6. The number of hydrogen-bond donors (Lipinski definition) is 2. The number of nitrogens with one attached hydrogen (secondary N) is 2. The highest BCUT2D eigenvalue weighted by atomic mass is 16.5. The molecule has 0 aliphatic heterocycles. The number of ether oxygens (including phenoxy) is 1. The van der Waals surface area contributed by atoms with Gasteiger partial charge in [0.2, 0.25) is 0 Å². The summed E-state index contributed by atoms with van der Waals surface area (Å²) < 4.78 is 5.97. The van der Waals surface area contributed by atoms with Crippen LogP contribution in [-0.2, 0) is 4.79 Å². The van der Waals surface area contributed by atoms with E-state index in [0.717, 1.165) is 22.4 Å². The van der Waals surface area contributed by atoms with E-state index in [4.69, 9.17) is 4.74 Å². The third-order valence-corrected chi connectivity index (χ3v) is 5.57. The lowest BCUT2D eigenvalue weighted by Gasteiger charge is -2.18. The highest BCUT2D eigenvalue weighted by Crippen LogP contribution is 2.23. The molecule has 1 unspecified atom stereocenters. The minimum Gasteiger partial charge on any atom is -0.481 e. The Morgan fingerprint density at radius 1 is 0.743 bits per heavy atom. The molecule has 0 heterocycles. The van der Waals surface area contributed by atoms with Crippen molar-refractivity contribution < 1.29 is 14.3 Å². The van der Waals surface area contributed by atoms with E-state index in [2.05, 4.69) is 10.6 Å². The second kappa shape index (κ2) is 11.2. The molecule has 0 saturated carbocycles. The van der Waals surface area contributed by atoms with Crippen molar-refractivity contribution in [2.24, 2.45) is 0 Å². The van der Waals surface area contributed by atoms with Crippen LogP contribution in [0.15, 0.2) is 103 Å². The highest BCUT2D eigenvalue weighted by molar-refractivity contribution is 6.05. The third-order valence-electron chi connectivity index (χ3n) is 5.57. The maximum Gasteiger partial charge on any atom is 0.265 e. The molecule has 4 aromatic carbocycles. The molecule has 0 aliphatic rings. The molecule has 2 amide bonds. The van der Waals surface area contributed by atoms with Crippen LogP contribution in [0.3, 0.4) is 0 Å². The number of benzene rings is 4. The Bertz CT molecular complexity index is 1300. The molecule has 0 bridgehead atoms. The molecule has 176 valence electrons. The fourth-order valence-electron chi connectivity index (χ4n) is 3.73. The summed E-state index contributed by atoms with van der Waals surface area (Å²) in [5.41, 5.74) is 4.97. The number of anilines is 2. The number of amides is 2. The van der Waals surface area contributed by atoms with Gasteiger partial charge in [-0.3, -0.25) is 9.59 Å². The number of hydrogen-bond acceptors (Lipinski definition) is 3. The van der Waals surface area contributed by atoms with Crippen LogP contribution in [0, 0.1) is 6.92 Å². The summed E-state index contributed by atoms with van der Waals surface area (Å²) in [4.78, 5) is 25.6. The summed E-state index contributed by atoms with van der Waals surface area (Å²) in [6.45, 7) is 3.87. The normalized spacial score (nSPS) is 11.4. The molecule has 0 radical (unpaired) electrons. The van der Waals surface area contributed by atoms with E-state index < -0.39 is 6.10 Å². The molecule has 4 rings (SSSR count). The molecule has 0 aromatic heterocycles. The Hall–Kier alpha value is -4.38. The van der Waals surface area contributed by atoms with Gasteiger partial charge in [-0.1, -0.05) is 67.6 Å². The maximum absolute atomic E-state index is 12.9. The number of rotatable bonds is 8. The molecular formula is C30H28N2O3. The Labute approximate surface area is 205 Å². The van der Waals surface area contributed by atoms with Crippen LogP contribution < -0.4 is 15.4 Å². The lowest BCUT2D eigenvalue weighted by molar-refractivity contribution is -0.122. The number of carbonyl (C=O) groups is 2. The average Bonchev–Trinajstić information content (AvgIpc) is 2.88. The minimum absolute atomic E-state index is 0.242. The van der Waals surface area contributed by atoms with E-state index in [9.17, 15) is 9.59 Å². The van der Waals surface area contributed by atoms with Crippen LogP contribution in [0.4, 0.5) is 11.4 Å². The van der Waals surface area contributed by atoms with Gasteiger partial charge < -0.3 is 15.4 Å². The van der Waals surface area contributed by atoms with E-state index in [1.54, 1.807) is 24.3 Å². The van der Waals surface area contributed by atoms with Crippen molar-refractivity contribution in [1.82, 2.24) is 0 Å². The van der Waals surface area contributed by atoms with Gasteiger partial charge in [-0.05, 0) is 72.5 Å². The number of carbonyl (C=O) groups excluding carboxylic acids is 2. The Morgan fingerprint density at radius 2 is 1.40 bits per heavy atom. The van der Waals surface area contributed by atoms with Crippen molar-refractivity contribution in [3.63, 3.8) is 0 Å². The van der Waals surface area contributed by atoms with Crippen molar-refractivity contribution >= 4 is 23.2 Å². The molecule has 0 aliphatic carbocycles. The lowest BCUT2D eigenvalue weighted by Crippen LogP contribution is -2.32. The minimum atomic E-state index is -0.664. The summed E-state index contributed by atoms with van der Waals surface area (Å²) in [6, 6.07) is 32.2. The SMILES string of the molecule is CCC(Oc1ccc(-c2ccccc2)cc1)C(=O)Nc1cccc(C(=O)Nc2cccc(C)c2)c1. The van der Waals surface area contributed by atoms with Crippen molar-refractivity contribution in [2.45, 2.75) is 26.4 Å². The van der Waals surface area contributed by atoms with Crippen molar-refractivity contribution in [1.29, 1.82) is 0 Å². The molecule has 5 heteroatoms. The first kappa shape index (κ1) is 23.8. The zero-order chi connectivity index (χ0) is 24.6. The van der Waals surface area contributed by atoms with Crippen LogP contribution in [0.25, 0.3) is 11.1 Å². The maximum atomic E-state index is 12.9. The van der Waals surface area contributed by atoms with Gasteiger partial charge in [-0.2, -0.15) is 0 Å². The Balaban J connectivity index is 1.39. The predicted octanol–water partition coefficient (Wildman–Crippen LogP) is 6.71. The molecule has 0 saturated heterocycles. The van der Waals surface area contributed by atoms with Crippen LogP contribution in [-0.4, -0.2) is 17.9 Å². The summed E-state index contributed by atoms with van der Waals surface area (Å²) in [6.07, 6.45) is -0.165. The van der Waals surface area contributed by atoms with Gasteiger partial charge in [0.15, 0.2) is 6.10 Å². The zero-order valence-corrected chi connectivity index (χ0v) is 19.8. The fourth-order valence-corrected chi connectivity index (χ4v) is 3.73. The Morgan fingerprint density at radius 3 is 2.09 bits per heavy atom. The summed E-state index contributed by atoms with van der Waals surface area (Å²) in [5.74, 6) is 0.113. The van der Waals surface area contributed by atoms with Gasteiger partial charge >= 0.3 is 0 Å². The molecule has 0 spiro atoms. The van der Waals surface area contributed by atoms with E-state index in [1.807, 2.05) is 92.7 Å². The van der Waals surface area contributed by atoms with Crippen LogP contribution in [0.2, 0.25) is 0 Å². The summed E-state index contributed by atoms with van der Waals surface area (Å²) in [7, 11) is 0. The van der Waals surface area contributed by atoms with Gasteiger partial charge in [-0.25, -0.2) is 0 Å². The van der Waals surface area contributed by atoms with Gasteiger partial charge in [-0.15, -0.1) is 0 Å². The van der Waals surface area contributed by atoms with E-state index in [1.165, 1.54) is 0 Å². The molecule has 4 aromatic rings. The topological polar surface area (TPSA) is 67.4 Å². The summed E-state index contributed by atoms with van der Waals surface area (Å²) >= 11 is 0. The third kappa shape index (κ3) is 6.36. The zero-order valence-electron chi connectivity index (χ0n) is 19.8. The molecule has 2 N–H and O–H groups in total. The van der Waals surface area contributed by atoms with Crippen molar-refractivity contribution in [3.05, 3.63) is 114 Å². The quantitative estimate of drug-likeness (QED) is 0.304. The average molecular weight is 465 g/mol. The highest BCUT2D eigenvalue weighted by Gasteiger charge is 2.19. The molecule has 35 heavy (non-hydrogen) atoms. The Kier molecular flexibility index (Phi) is 7.58. The second-order valence-corrected chi connectivity index (χ2v) is 8.30. The van der Waals surface area contributed by atoms with E-state index in [-0.39, 0.29) is 11.8 Å². The standard InChI is InChI=1S/C30H28N2O3/c1-3-28(35-27-17-15-23(16-18-27)22-10-5-4-6-11-22)30(34)32-26-14-8-12-24(20-26)29(33)31-25-13-7-9-21(2)19-25/h4-20,28H,3H2,1-2H3,(H,31,33)(H,32,34). The van der Waals surface area contributed by atoms with E-state index in [0.29, 0.717) is 23.4 Å². The largest absolute Gasteiger partial charge is 0.481 e. The number of aryl methyl sites for hydroxylation is 1. The van der Waals surface area contributed by atoms with Gasteiger partial charge in [0.05, 0.1) is 0 Å². The van der Waals surface area contributed by atoms with Crippen LogP contribution >= 0.6 is 0 Å². The van der Waals surface area contributed by atoms with Crippen LogP contribution in [0.1, 0.15) is 29.3 Å². The van der Waals surface area contributed by atoms with E-state index >= 15 is 0 Å². The van der Waals surface area contributed by atoms with Crippen molar-refractivity contribution in [3.8, 4) is 16.9 Å². The predicted molar refractivity (Wildman–Crippen MR) is 141 cm³/mol. The van der Waals surface area contributed by atoms with Crippen molar-refractivity contribution in [2.75, 3.05) is 10.6 Å². The lowest BCUT2D eigenvalue weighted by atomic mass is 10.1. The first-order chi connectivity index (χ1) is 17.0. The molecular weight excluding hydrogens is 436 g/mol. The first-order valence-corrected chi connectivity index (χ1v) is 11.6. The van der Waals surface area contributed by atoms with Gasteiger partial charge in [0.25, 0.3) is 11.8 Å². The monoisotopic (exact) mass is 464 g/mol. The molecule has 1 atom stereocenters. The second-order valence-electron chi connectivity index (χ2n) is 8.30. The van der Waals surface area contributed by atoms with Crippen LogP contribution in [0.5, 0.6) is 5.75 Å². The fraction of sp³-hybridized carbons (Fsp3) is 0.133. The van der Waals surface area contributed by atoms with Gasteiger partial charge in [0.1, 0.15) is 5.75 Å². The molecule has 0 fully saturated rings.